The summed E-state index contributed by atoms with van der Waals surface area (Å²) in [5.74, 6) is 2.65. The zero-order valence-electron chi connectivity index (χ0n) is 12.4. The van der Waals surface area contributed by atoms with Crippen LogP contribution < -0.4 is 4.74 Å². The molecule has 2 bridgehead atoms. The lowest BCUT2D eigenvalue weighted by atomic mass is 9.86. The number of ether oxygens (including phenoxy) is 1. The lowest BCUT2D eigenvalue weighted by Gasteiger charge is -2.20. The summed E-state index contributed by atoms with van der Waals surface area (Å²) in [6.07, 6.45) is 5.74. The number of rotatable bonds is 3. The van der Waals surface area contributed by atoms with Gasteiger partial charge in [-0.15, -0.1) is 0 Å². The van der Waals surface area contributed by atoms with Gasteiger partial charge in [-0.3, -0.25) is 4.79 Å². The number of esters is 1. The van der Waals surface area contributed by atoms with E-state index in [0.29, 0.717) is 23.1 Å². The van der Waals surface area contributed by atoms with Crippen LogP contribution in [0.5, 0.6) is 5.75 Å². The lowest BCUT2D eigenvalue weighted by molar-refractivity contribution is -0.135. The first kappa shape index (κ1) is 14.1. The highest BCUT2D eigenvalue weighted by atomic mass is 35.5. The fourth-order valence-electron chi connectivity index (χ4n) is 4.33. The van der Waals surface area contributed by atoms with Crippen LogP contribution in [0.25, 0.3) is 10.8 Å². The second-order valence-corrected chi connectivity index (χ2v) is 7.11. The van der Waals surface area contributed by atoms with Gasteiger partial charge in [0.15, 0.2) is 0 Å². The van der Waals surface area contributed by atoms with E-state index in [1.54, 1.807) is 12.1 Å². The van der Waals surface area contributed by atoms with Crippen molar-refractivity contribution < 1.29 is 9.53 Å². The second-order valence-electron chi connectivity index (χ2n) is 6.70. The maximum absolute atomic E-state index is 12.3. The molecule has 0 unspecified atom stereocenters. The van der Waals surface area contributed by atoms with Crippen LogP contribution in [-0.4, -0.2) is 5.97 Å². The third-order valence-corrected chi connectivity index (χ3v) is 5.70. The summed E-state index contributed by atoms with van der Waals surface area (Å²) in [4.78, 5) is 12.3. The standard InChI is InChI=1S/C19H19ClO2/c20-17-7-8-18(16-4-2-1-3-15(16)17)22-19(21)11-14-10-12-5-6-13(14)9-12/h1-4,7-8,12-14H,5-6,9-11H2/t12-,13-,14-/m1/s1. The summed E-state index contributed by atoms with van der Waals surface area (Å²) in [7, 11) is 0. The van der Waals surface area contributed by atoms with Gasteiger partial charge in [-0.2, -0.15) is 0 Å². The summed E-state index contributed by atoms with van der Waals surface area (Å²) in [6, 6.07) is 11.4. The monoisotopic (exact) mass is 314 g/mol. The Kier molecular flexibility index (Phi) is 3.57. The van der Waals surface area contributed by atoms with Crippen molar-refractivity contribution in [3.05, 3.63) is 41.4 Å². The largest absolute Gasteiger partial charge is 0.426 e. The number of halogens is 1. The summed E-state index contributed by atoms with van der Waals surface area (Å²) in [6.45, 7) is 0. The van der Waals surface area contributed by atoms with Gasteiger partial charge in [0.1, 0.15) is 5.75 Å². The fraction of sp³-hybridized carbons (Fsp3) is 0.421. The Hall–Kier alpha value is -1.54. The maximum Gasteiger partial charge on any atom is 0.311 e. The SMILES string of the molecule is O=C(C[C@H]1C[C@@H]2CC[C@@H]1C2)Oc1ccc(Cl)c2ccccc12. The molecule has 22 heavy (non-hydrogen) atoms. The van der Waals surface area contributed by atoms with Gasteiger partial charge < -0.3 is 4.74 Å². The van der Waals surface area contributed by atoms with Gasteiger partial charge in [-0.1, -0.05) is 42.3 Å². The highest BCUT2D eigenvalue weighted by Crippen LogP contribution is 2.49. The molecule has 3 atom stereocenters. The van der Waals surface area contributed by atoms with Crippen molar-refractivity contribution in [1.29, 1.82) is 0 Å². The lowest BCUT2D eigenvalue weighted by Crippen LogP contribution is -2.18. The van der Waals surface area contributed by atoms with Crippen LogP contribution in [0.4, 0.5) is 0 Å². The molecule has 2 aliphatic carbocycles. The van der Waals surface area contributed by atoms with Crippen molar-refractivity contribution in [1.82, 2.24) is 0 Å². The van der Waals surface area contributed by atoms with Crippen molar-refractivity contribution in [3.8, 4) is 5.75 Å². The van der Waals surface area contributed by atoms with Crippen molar-refractivity contribution in [2.75, 3.05) is 0 Å². The third-order valence-electron chi connectivity index (χ3n) is 5.37. The molecule has 0 saturated heterocycles. The van der Waals surface area contributed by atoms with Crippen molar-refractivity contribution in [2.45, 2.75) is 32.1 Å². The highest BCUT2D eigenvalue weighted by Gasteiger charge is 2.40. The third kappa shape index (κ3) is 2.50. The Bertz CT molecular complexity index is 724. The second kappa shape index (κ2) is 5.58. The molecule has 2 saturated carbocycles. The summed E-state index contributed by atoms with van der Waals surface area (Å²) in [5, 5.41) is 2.51. The number of hydrogen-bond donors (Lipinski definition) is 0. The van der Waals surface area contributed by atoms with E-state index in [-0.39, 0.29) is 5.97 Å². The maximum atomic E-state index is 12.3. The van der Waals surface area contributed by atoms with E-state index in [9.17, 15) is 4.79 Å². The van der Waals surface area contributed by atoms with Crippen LogP contribution in [-0.2, 0) is 4.79 Å². The molecule has 2 aromatic carbocycles. The average Bonchev–Trinajstić information content (AvgIpc) is 3.13. The summed E-state index contributed by atoms with van der Waals surface area (Å²) in [5.41, 5.74) is 0. The van der Waals surface area contributed by atoms with Gasteiger partial charge in [0, 0.05) is 22.2 Å². The van der Waals surface area contributed by atoms with Gasteiger partial charge in [-0.25, -0.2) is 0 Å². The predicted molar refractivity (Wildman–Crippen MR) is 88.1 cm³/mol. The van der Waals surface area contributed by atoms with Crippen LogP contribution in [0, 0.1) is 17.8 Å². The van der Waals surface area contributed by atoms with Crippen LogP contribution in [0.2, 0.25) is 5.02 Å². The zero-order valence-corrected chi connectivity index (χ0v) is 13.2. The van der Waals surface area contributed by atoms with Gasteiger partial charge in [-0.05, 0) is 49.1 Å². The molecule has 2 nitrogen and oxygen atoms in total. The van der Waals surface area contributed by atoms with Gasteiger partial charge >= 0.3 is 5.97 Å². The fourth-order valence-corrected chi connectivity index (χ4v) is 4.56. The van der Waals surface area contributed by atoms with E-state index in [2.05, 4.69) is 0 Å². The number of benzene rings is 2. The molecule has 4 rings (SSSR count). The van der Waals surface area contributed by atoms with Crippen molar-refractivity contribution in [2.24, 2.45) is 17.8 Å². The molecule has 2 aromatic rings. The molecule has 0 aromatic heterocycles. The summed E-state index contributed by atoms with van der Waals surface area (Å²) >= 11 is 6.21. The summed E-state index contributed by atoms with van der Waals surface area (Å²) < 4.78 is 5.65. The first-order valence-electron chi connectivity index (χ1n) is 8.08. The molecule has 0 amide bonds. The molecule has 114 valence electrons. The Morgan fingerprint density at radius 3 is 2.64 bits per heavy atom. The molecule has 0 spiro atoms. The Balaban J connectivity index is 1.51. The molecule has 2 aliphatic rings. The minimum absolute atomic E-state index is 0.106. The van der Waals surface area contributed by atoms with Crippen LogP contribution in [0.15, 0.2) is 36.4 Å². The number of hydrogen-bond acceptors (Lipinski definition) is 2. The molecule has 0 heterocycles. The number of carbonyl (C=O) groups excluding carboxylic acids is 1. The van der Waals surface area contributed by atoms with Gasteiger partial charge in [0.05, 0.1) is 0 Å². The van der Waals surface area contributed by atoms with Crippen molar-refractivity contribution >= 4 is 28.3 Å². The average molecular weight is 315 g/mol. The van der Waals surface area contributed by atoms with E-state index < -0.39 is 0 Å². The van der Waals surface area contributed by atoms with E-state index in [1.807, 2.05) is 24.3 Å². The van der Waals surface area contributed by atoms with Crippen LogP contribution in [0.3, 0.4) is 0 Å². The molecule has 0 radical (unpaired) electrons. The first-order chi connectivity index (χ1) is 10.7. The number of carbonyl (C=O) groups is 1. The molecule has 3 heteroatoms. The predicted octanol–water partition coefficient (Wildman–Crippen LogP) is 5.22. The Morgan fingerprint density at radius 2 is 1.91 bits per heavy atom. The minimum Gasteiger partial charge on any atom is -0.426 e. The highest BCUT2D eigenvalue weighted by molar-refractivity contribution is 6.35. The van der Waals surface area contributed by atoms with Gasteiger partial charge in [0.2, 0.25) is 0 Å². The topological polar surface area (TPSA) is 26.3 Å². The zero-order chi connectivity index (χ0) is 15.1. The van der Waals surface area contributed by atoms with Gasteiger partial charge in [0.25, 0.3) is 0 Å². The number of fused-ring (bicyclic) bond motifs is 3. The normalized spacial score (nSPS) is 26.5. The first-order valence-corrected chi connectivity index (χ1v) is 8.46. The van der Waals surface area contributed by atoms with Crippen LogP contribution in [0.1, 0.15) is 32.1 Å². The molecule has 0 N–H and O–H groups in total. The Morgan fingerprint density at radius 1 is 1.09 bits per heavy atom. The van der Waals surface area contributed by atoms with E-state index in [0.717, 1.165) is 22.6 Å². The minimum atomic E-state index is -0.106. The molecular formula is C19H19ClO2. The Labute approximate surface area is 135 Å². The molecule has 0 aliphatic heterocycles. The molecule has 2 fully saturated rings. The van der Waals surface area contributed by atoms with E-state index in [4.69, 9.17) is 16.3 Å². The molecular weight excluding hydrogens is 296 g/mol. The van der Waals surface area contributed by atoms with E-state index >= 15 is 0 Å². The quantitative estimate of drug-likeness (QED) is 0.573. The van der Waals surface area contributed by atoms with Crippen molar-refractivity contribution in [3.63, 3.8) is 0 Å². The van der Waals surface area contributed by atoms with Crippen LogP contribution >= 0.6 is 11.6 Å². The smallest absolute Gasteiger partial charge is 0.311 e. The van der Waals surface area contributed by atoms with E-state index in [1.165, 1.54) is 25.7 Å².